The van der Waals surface area contributed by atoms with Gasteiger partial charge in [-0.15, -0.1) is 0 Å². The van der Waals surface area contributed by atoms with Crippen molar-refractivity contribution in [2.75, 3.05) is 13.7 Å². The van der Waals surface area contributed by atoms with Crippen LogP contribution in [0.4, 0.5) is 4.79 Å². The number of aromatic amines is 1. The number of hydrogen-bond donors (Lipinski definition) is 4. The lowest BCUT2D eigenvalue weighted by atomic mass is 10.2. The van der Waals surface area contributed by atoms with E-state index in [2.05, 4.69) is 20.5 Å². The molecule has 0 spiro atoms. The van der Waals surface area contributed by atoms with E-state index in [9.17, 15) is 9.59 Å². The molecule has 1 rings (SSSR count). The minimum absolute atomic E-state index is 0.0444. The topological polar surface area (TPSA) is 131 Å². The molecular formula is C9H15N5O4. The summed E-state index contributed by atoms with van der Waals surface area (Å²) in [7, 11) is 1.50. The van der Waals surface area contributed by atoms with Crippen molar-refractivity contribution in [2.24, 2.45) is 0 Å². The zero-order valence-corrected chi connectivity index (χ0v) is 9.83. The van der Waals surface area contributed by atoms with Crippen molar-refractivity contribution in [1.29, 1.82) is 0 Å². The highest BCUT2D eigenvalue weighted by Crippen LogP contribution is 1.97. The molecule has 18 heavy (non-hydrogen) atoms. The molecular weight excluding hydrogens is 242 g/mol. The fourth-order valence-corrected chi connectivity index (χ4v) is 1.25. The molecule has 1 atom stereocenters. The molecule has 0 unspecified atom stereocenters. The Morgan fingerprint density at radius 1 is 1.61 bits per heavy atom. The molecule has 100 valence electrons. The summed E-state index contributed by atoms with van der Waals surface area (Å²) in [4.78, 5) is 27.6. The normalized spacial score (nSPS) is 11.9. The first-order chi connectivity index (χ1) is 8.54. The van der Waals surface area contributed by atoms with Gasteiger partial charge < -0.3 is 20.4 Å². The minimum Gasteiger partial charge on any atom is -0.480 e. The third-order valence-corrected chi connectivity index (χ3v) is 2.21. The van der Waals surface area contributed by atoms with Crippen molar-refractivity contribution in [2.45, 2.75) is 19.0 Å². The zero-order valence-electron chi connectivity index (χ0n) is 9.83. The molecule has 9 heteroatoms. The van der Waals surface area contributed by atoms with Crippen LogP contribution in [-0.2, 0) is 11.3 Å². The average Bonchev–Trinajstić information content (AvgIpc) is 2.80. The van der Waals surface area contributed by atoms with Gasteiger partial charge >= 0.3 is 12.0 Å². The molecule has 2 amide bonds. The summed E-state index contributed by atoms with van der Waals surface area (Å²) >= 11 is 0. The maximum Gasteiger partial charge on any atom is 0.326 e. The Balaban J connectivity index is 2.50. The quantitative estimate of drug-likeness (QED) is 0.505. The third-order valence-electron chi connectivity index (χ3n) is 2.21. The molecule has 0 saturated heterocycles. The number of H-pyrrole nitrogens is 1. The molecule has 1 aromatic heterocycles. The van der Waals surface area contributed by atoms with Crippen LogP contribution in [0.5, 0.6) is 0 Å². The van der Waals surface area contributed by atoms with Crippen molar-refractivity contribution in [1.82, 2.24) is 25.4 Å². The number of carboxylic acid groups (broad SMARTS) is 1. The number of amides is 2. The van der Waals surface area contributed by atoms with Gasteiger partial charge in [-0.25, -0.2) is 14.6 Å². The number of aliphatic hydroxyl groups excluding tert-OH is 1. The Labute approximate surface area is 103 Å². The lowest BCUT2D eigenvalue weighted by molar-refractivity contribution is -0.139. The van der Waals surface area contributed by atoms with E-state index in [1.807, 2.05) is 0 Å². The van der Waals surface area contributed by atoms with Crippen LogP contribution >= 0.6 is 0 Å². The molecule has 1 heterocycles. The summed E-state index contributed by atoms with van der Waals surface area (Å²) in [6.45, 7) is -0.139. The Kier molecular flexibility index (Phi) is 5.06. The third kappa shape index (κ3) is 4.01. The zero-order chi connectivity index (χ0) is 13.5. The minimum atomic E-state index is -1.19. The second kappa shape index (κ2) is 6.55. The maximum atomic E-state index is 11.7. The van der Waals surface area contributed by atoms with Crippen LogP contribution in [0, 0.1) is 0 Å². The van der Waals surface area contributed by atoms with E-state index in [0.29, 0.717) is 5.82 Å². The molecule has 4 N–H and O–H groups in total. The monoisotopic (exact) mass is 257 g/mol. The lowest BCUT2D eigenvalue weighted by Crippen LogP contribution is -2.46. The first-order valence-corrected chi connectivity index (χ1v) is 5.24. The van der Waals surface area contributed by atoms with Gasteiger partial charge in [0.15, 0.2) is 0 Å². The number of urea groups is 1. The highest BCUT2D eigenvalue weighted by molar-refractivity contribution is 5.82. The maximum absolute atomic E-state index is 11.7. The highest BCUT2D eigenvalue weighted by atomic mass is 16.4. The van der Waals surface area contributed by atoms with Gasteiger partial charge in [-0.1, -0.05) is 0 Å². The molecule has 0 fully saturated rings. The van der Waals surface area contributed by atoms with Crippen LogP contribution in [-0.4, -0.2) is 62.0 Å². The Morgan fingerprint density at radius 3 is 2.83 bits per heavy atom. The van der Waals surface area contributed by atoms with Gasteiger partial charge in [-0.3, -0.25) is 5.10 Å². The Bertz CT molecular complexity index is 394. The largest absolute Gasteiger partial charge is 0.480 e. The van der Waals surface area contributed by atoms with E-state index in [-0.39, 0.29) is 19.6 Å². The van der Waals surface area contributed by atoms with Crippen molar-refractivity contribution in [3.8, 4) is 0 Å². The van der Waals surface area contributed by atoms with Crippen molar-refractivity contribution < 1.29 is 19.8 Å². The van der Waals surface area contributed by atoms with Gasteiger partial charge in [0.1, 0.15) is 18.2 Å². The van der Waals surface area contributed by atoms with Crippen molar-refractivity contribution in [3.05, 3.63) is 12.2 Å². The predicted molar refractivity (Wildman–Crippen MR) is 59.5 cm³/mol. The summed E-state index contributed by atoms with van der Waals surface area (Å²) in [5.41, 5.74) is 0. The van der Waals surface area contributed by atoms with Crippen LogP contribution < -0.4 is 5.32 Å². The first-order valence-electron chi connectivity index (χ1n) is 5.24. The molecule has 9 nitrogen and oxygen atoms in total. The average molecular weight is 257 g/mol. The standard InChI is InChI=1S/C9H15N5O4/c1-14(4-7-10-5-11-13-7)9(18)12-6(2-3-15)8(16)17/h5-6,15H,2-4H2,1H3,(H,12,18)(H,16,17)(H,10,11,13)/t6-/m1/s1. The van der Waals surface area contributed by atoms with E-state index in [1.54, 1.807) is 0 Å². The molecule has 0 aromatic carbocycles. The number of nitrogens with one attached hydrogen (secondary N) is 2. The molecule has 0 aliphatic rings. The number of carbonyl (C=O) groups excluding carboxylic acids is 1. The van der Waals surface area contributed by atoms with Crippen molar-refractivity contribution >= 4 is 12.0 Å². The summed E-state index contributed by atoms with van der Waals surface area (Å²) < 4.78 is 0. The summed E-state index contributed by atoms with van der Waals surface area (Å²) in [5.74, 6) is -0.702. The van der Waals surface area contributed by atoms with Crippen molar-refractivity contribution in [3.63, 3.8) is 0 Å². The van der Waals surface area contributed by atoms with Crippen LogP contribution in [0.3, 0.4) is 0 Å². The smallest absolute Gasteiger partial charge is 0.326 e. The van der Waals surface area contributed by atoms with Gasteiger partial charge in [0.25, 0.3) is 0 Å². The highest BCUT2D eigenvalue weighted by Gasteiger charge is 2.21. The Morgan fingerprint density at radius 2 is 2.33 bits per heavy atom. The van der Waals surface area contributed by atoms with Crippen LogP contribution in [0.2, 0.25) is 0 Å². The number of rotatable bonds is 6. The van der Waals surface area contributed by atoms with E-state index in [4.69, 9.17) is 10.2 Å². The molecule has 0 aliphatic carbocycles. The Hall–Kier alpha value is -2.16. The van der Waals surface area contributed by atoms with Crippen LogP contribution in [0.1, 0.15) is 12.2 Å². The number of hydrogen-bond acceptors (Lipinski definition) is 5. The molecule has 0 saturated carbocycles. The first kappa shape index (κ1) is 13.9. The van der Waals surface area contributed by atoms with Gasteiger partial charge in [0, 0.05) is 20.1 Å². The van der Waals surface area contributed by atoms with Gasteiger partial charge in [0.2, 0.25) is 0 Å². The van der Waals surface area contributed by atoms with E-state index in [0.717, 1.165) is 0 Å². The SMILES string of the molecule is CN(Cc1ncn[nH]1)C(=O)N[C@H](CCO)C(=O)O. The van der Waals surface area contributed by atoms with Crippen LogP contribution in [0.25, 0.3) is 0 Å². The summed E-state index contributed by atoms with van der Waals surface area (Å²) in [6.07, 6.45) is 1.27. The van der Waals surface area contributed by atoms with E-state index in [1.165, 1.54) is 18.3 Å². The molecule has 0 bridgehead atoms. The number of aliphatic carboxylic acids is 1. The van der Waals surface area contributed by atoms with E-state index >= 15 is 0 Å². The summed E-state index contributed by atoms with van der Waals surface area (Å²) in [5, 5.41) is 26.0. The van der Waals surface area contributed by atoms with Gasteiger partial charge in [0.05, 0.1) is 6.54 Å². The molecule has 0 radical (unpaired) electrons. The second-order valence-corrected chi connectivity index (χ2v) is 3.64. The summed E-state index contributed by atoms with van der Waals surface area (Å²) in [6, 6.07) is -1.67. The molecule has 1 aromatic rings. The fraction of sp³-hybridized carbons (Fsp3) is 0.556. The number of aliphatic hydroxyl groups is 1. The number of carboxylic acids is 1. The van der Waals surface area contributed by atoms with Crippen LogP contribution in [0.15, 0.2) is 6.33 Å². The van der Waals surface area contributed by atoms with Gasteiger partial charge in [-0.2, -0.15) is 5.10 Å². The number of aromatic nitrogens is 3. The number of nitrogens with zero attached hydrogens (tertiary/aromatic N) is 3. The second-order valence-electron chi connectivity index (χ2n) is 3.64. The molecule has 0 aliphatic heterocycles. The predicted octanol–water partition coefficient (Wildman–Crippen LogP) is -1.22. The van der Waals surface area contributed by atoms with Gasteiger partial charge in [-0.05, 0) is 0 Å². The number of carbonyl (C=O) groups is 2. The fourth-order valence-electron chi connectivity index (χ4n) is 1.25. The lowest BCUT2D eigenvalue weighted by Gasteiger charge is -2.20. The van der Waals surface area contributed by atoms with E-state index < -0.39 is 18.0 Å².